The number of halogens is 2. The molecule has 19 heavy (non-hydrogen) atoms. The van der Waals surface area contributed by atoms with E-state index in [1.54, 1.807) is 39.0 Å². The van der Waals surface area contributed by atoms with Crippen molar-refractivity contribution in [2.75, 3.05) is 0 Å². The molecule has 0 saturated carbocycles. The van der Waals surface area contributed by atoms with Crippen molar-refractivity contribution in [1.82, 2.24) is 5.32 Å². The minimum atomic E-state index is -1.05. The Morgan fingerprint density at radius 1 is 1.26 bits per heavy atom. The van der Waals surface area contributed by atoms with Crippen molar-refractivity contribution in [3.05, 3.63) is 32.7 Å². The van der Waals surface area contributed by atoms with Gasteiger partial charge in [-0.3, -0.25) is 4.79 Å². The van der Waals surface area contributed by atoms with Gasteiger partial charge < -0.3 is 10.4 Å². The molecule has 0 fully saturated rings. The molecule has 0 spiro atoms. The van der Waals surface area contributed by atoms with Gasteiger partial charge in [-0.15, -0.1) is 0 Å². The summed E-state index contributed by atoms with van der Waals surface area (Å²) in [4.78, 5) is 23.3. The molecule has 0 unspecified atom stereocenters. The van der Waals surface area contributed by atoms with Gasteiger partial charge in [0.05, 0.1) is 5.56 Å². The Morgan fingerprint density at radius 2 is 1.84 bits per heavy atom. The molecule has 4 nitrogen and oxygen atoms in total. The van der Waals surface area contributed by atoms with Gasteiger partial charge in [-0.05, 0) is 39.5 Å². The van der Waals surface area contributed by atoms with Crippen LogP contribution in [-0.4, -0.2) is 23.0 Å². The van der Waals surface area contributed by atoms with Gasteiger partial charge >= 0.3 is 5.97 Å². The van der Waals surface area contributed by atoms with E-state index in [0.29, 0.717) is 10.0 Å². The van der Waals surface area contributed by atoms with Crippen LogP contribution >= 0.6 is 31.9 Å². The highest BCUT2D eigenvalue weighted by Crippen LogP contribution is 2.24. The number of carboxylic acid groups (broad SMARTS) is 1. The molecule has 0 heterocycles. The molecule has 6 heteroatoms. The van der Waals surface area contributed by atoms with Crippen LogP contribution in [0.5, 0.6) is 0 Å². The summed E-state index contributed by atoms with van der Waals surface area (Å²) >= 11 is 6.58. The number of carbonyl (C=O) groups excluding carboxylic acids is 1. The first-order chi connectivity index (χ1) is 8.62. The van der Waals surface area contributed by atoms with E-state index >= 15 is 0 Å². The van der Waals surface area contributed by atoms with Gasteiger partial charge in [0, 0.05) is 8.95 Å². The van der Waals surface area contributed by atoms with Gasteiger partial charge in [-0.1, -0.05) is 36.7 Å². The molecule has 0 aromatic heterocycles. The number of carboxylic acids is 1. The smallest absolute Gasteiger partial charge is 0.326 e. The quantitative estimate of drug-likeness (QED) is 0.827. The largest absolute Gasteiger partial charge is 0.480 e. The second kappa shape index (κ2) is 6.05. The van der Waals surface area contributed by atoms with Gasteiger partial charge in [-0.25, -0.2) is 4.79 Å². The molecule has 0 aliphatic heterocycles. The second-order valence-corrected chi connectivity index (χ2v) is 7.00. The third-order valence-corrected chi connectivity index (χ3v) is 3.71. The van der Waals surface area contributed by atoms with E-state index in [1.165, 1.54) is 0 Å². The van der Waals surface area contributed by atoms with Crippen molar-refractivity contribution in [2.45, 2.75) is 26.8 Å². The summed E-state index contributed by atoms with van der Waals surface area (Å²) in [5, 5.41) is 11.7. The van der Waals surface area contributed by atoms with E-state index in [0.717, 1.165) is 4.47 Å². The third-order valence-electron chi connectivity index (χ3n) is 2.56. The number of benzene rings is 1. The number of nitrogens with one attached hydrogen (secondary N) is 1. The normalized spacial score (nSPS) is 12.9. The van der Waals surface area contributed by atoms with Crippen LogP contribution in [0.2, 0.25) is 0 Å². The first kappa shape index (κ1) is 16.2. The third kappa shape index (κ3) is 4.31. The van der Waals surface area contributed by atoms with E-state index in [2.05, 4.69) is 37.2 Å². The molecule has 0 saturated heterocycles. The monoisotopic (exact) mass is 391 g/mol. The highest BCUT2D eigenvalue weighted by Gasteiger charge is 2.33. The van der Waals surface area contributed by atoms with E-state index in [4.69, 9.17) is 0 Å². The van der Waals surface area contributed by atoms with Gasteiger partial charge in [0.25, 0.3) is 5.91 Å². The minimum absolute atomic E-state index is 0.402. The molecule has 2 N–H and O–H groups in total. The predicted octanol–water partition coefficient (Wildman–Crippen LogP) is 3.44. The Balaban J connectivity index is 2.98. The number of rotatable bonds is 3. The van der Waals surface area contributed by atoms with Gasteiger partial charge in [0.15, 0.2) is 0 Å². The molecule has 1 rings (SSSR count). The second-order valence-electron chi connectivity index (χ2n) is 5.23. The first-order valence-corrected chi connectivity index (χ1v) is 7.20. The molecule has 104 valence electrons. The maximum absolute atomic E-state index is 12.1. The molecular weight excluding hydrogens is 378 g/mol. The molecular formula is C13H15Br2NO3. The van der Waals surface area contributed by atoms with Crippen LogP contribution in [0, 0.1) is 5.41 Å². The van der Waals surface area contributed by atoms with Crippen molar-refractivity contribution < 1.29 is 14.7 Å². The summed E-state index contributed by atoms with van der Waals surface area (Å²) in [6.45, 7) is 5.30. The van der Waals surface area contributed by atoms with Crippen LogP contribution in [-0.2, 0) is 4.79 Å². The molecule has 0 radical (unpaired) electrons. The van der Waals surface area contributed by atoms with E-state index < -0.39 is 23.3 Å². The molecule has 1 amide bonds. The lowest BCUT2D eigenvalue weighted by atomic mass is 9.86. The van der Waals surface area contributed by atoms with Crippen molar-refractivity contribution in [3.8, 4) is 0 Å². The summed E-state index contributed by atoms with van der Waals surface area (Å²) in [5.74, 6) is -1.46. The Morgan fingerprint density at radius 3 is 2.26 bits per heavy atom. The molecule has 1 aromatic rings. The highest BCUT2D eigenvalue weighted by atomic mass is 79.9. The number of amides is 1. The average Bonchev–Trinajstić information content (AvgIpc) is 2.23. The number of hydrogen-bond donors (Lipinski definition) is 2. The Hall–Kier alpha value is -0.880. The lowest BCUT2D eigenvalue weighted by molar-refractivity contribution is -0.142. The SMILES string of the molecule is CC(C)(C)[C@H](NC(=O)c1ccc(Br)cc1Br)C(=O)O. The van der Waals surface area contributed by atoms with Crippen LogP contribution in [0.4, 0.5) is 0 Å². The van der Waals surface area contributed by atoms with Crippen molar-refractivity contribution in [1.29, 1.82) is 0 Å². The van der Waals surface area contributed by atoms with Gasteiger partial charge in [0.1, 0.15) is 6.04 Å². The number of hydrogen-bond acceptors (Lipinski definition) is 2. The molecule has 0 aliphatic rings. The minimum Gasteiger partial charge on any atom is -0.480 e. The molecule has 0 aliphatic carbocycles. The van der Waals surface area contributed by atoms with Crippen LogP contribution in [0.15, 0.2) is 27.1 Å². The van der Waals surface area contributed by atoms with Crippen molar-refractivity contribution >= 4 is 43.7 Å². The zero-order chi connectivity index (χ0) is 14.8. The topological polar surface area (TPSA) is 66.4 Å². The standard InChI is InChI=1S/C13H15Br2NO3/c1-13(2,3)10(12(18)19)16-11(17)8-5-4-7(14)6-9(8)15/h4-6,10H,1-3H3,(H,16,17)(H,18,19)/t10-/m1/s1. The average molecular weight is 393 g/mol. The highest BCUT2D eigenvalue weighted by molar-refractivity contribution is 9.11. The van der Waals surface area contributed by atoms with Crippen molar-refractivity contribution in [3.63, 3.8) is 0 Å². The molecule has 0 bridgehead atoms. The Bertz CT molecular complexity index is 509. The Kier molecular flexibility index (Phi) is 5.15. The van der Waals surface area contributed by atoms with Crippen LogP contribution in [0.3, 0.4) is 0 Å². The molecule has 1 aromatic carbocycles. The zero-order valence-corrected chi connectivity index (χ0v) is 14.0. The summed E-state index contributed by atoms with van der Waals surface area (Å²) in [5.41, 5.74) is -0.165. The van der Waals surface area contributed by atoms with E-state index in [1.807, 2.05) is 0 Å². The van der Waals surface area contributed by atoms with Gasteiger partial charge in [0.2, 0.25) is 0 Å². The summed E-state index contributed by atoms with van der Waals surface area (Å²) < 4.78 is 1.44. The zero-order valence-electron chi connectivity index (χ0n) is 10.8. The van der Waals surface area contributed by atoms with Crippen LogP contribution in [0.1, 0.15) is 31.1 Å². The van der Waals surface area contributed by atoms with Gasteiger partial charge in [-0.2, -0.15) is 0 Å². The molecule has 1 atom stereocenters. The van der Waals surface area contributed by atoms with Crippen LogP contribution < -0.4 is 5.32 Å². The maximum atomic E-state index is 12.1. The fourth-order valence-corrected chi connectivity index (χ4v) is 2.76. The lowest BCUT2D eigenvalue weighted by Gasteiger charge is -2.27. The summed E-state index contributed by atoms with van der Waals surface area (Å²) in [7, 11) is 0. The van der Waals surface area contributed by atoms with E-state index in [9.17, 15) is 14.7 Å². The fourth-order valence-electron chi connectivity index (χ4n) is 1.53. The number of carbonyl (C=O) groups is 2. The predicted molar refractivity (Wildman–Crippen MR) is 80.2 cm³/mol. The number of aliphatic carboxylic acids is 1. The van der Waals surface area contributed by atoms with Crippen molar-refractivity contribution in [2.24, 2.45) is 5.41 Å². The Labute approximate surface area is 128 Å². The summed E-state index contributed by atoms with van der Waals surface area (Å²) in [6.07, 6.45) is 0. The first-order valence-electron chi connectivity index (χ1n) is 5.61. The van der Waals surface area contributed by atoms with E-state index in [-0.39, 0.29) is 0 Å². The maximum Gasteiger partial charge on any atom is 0.326 e. The fraction of sp³-hybridized carbons (Fsp3) is 0.385. The van der Waals surface area contributed by atoms with Crippen LogP contribution in [0.25, 0.3) is 0 Å². The summed E-state index contributed by atoms with van der Waals surface area (Å²) in [6, 6.07) is 4.15. The lowest BCUT2D eigenvalue weighted by Crippen LogP contribution is -2.49.